The Bertz CT molecular complexity index is 558. The summed E-state index contributed by atoms with van der Waals surface area (Å²) in [7, 11) is 0. The predicted molar refractivity (Wildman–Crippen MR) is 80.7 cm³/mol. The Balaban J connectivity index is 2.29. The maximum absolute atomic E-state index is 10.8. The molecule has 1 N–H and O–H groups in total. The molecule has 0 bridgehead atoms. The molecule has 106 valence electrons. The van der Waals surface area contributed by atoms with E-state index in [1.807, 2.05) is 18.2 Å². The lowest BCUT2D eigenvalue weighted by atomic mass is 10.1. The standard InChI is InChI=1S/C17H21NO2/c1-2-3-13-18-15(10-12-17(19)20)9-11-16(18)14-7-5-4-6-8-14/h4-9,11H,2-3,10,12-13H2,1H3,(H,19,20). The van der Waals surface area contributed by atoms with Crippen LogP contribution >= 0.6 is 0 Å². The number of carbonyl (C=O) groups is 1. The van der Waals surface area contributed by atoms with Crippen LogP contribution in [0.1, 0.15) is 31.9 Å². The van der Waals surface area contributed by atoms with E-state index >= 15 is 0 Å². The molecule has 0 spiro atoms. The van der Waals surface area contributed by atoms with Crippen molar-refractivity contribution in [1.29, 1.82) is 0 Å². The fourth-order valence-electron chi connectivity index (χ4n) is 2.40. The van der Waals surface area contributed by atoms with Gasteiger partial charge >= 0.3 is 5.97 Å². The van der Waals surface area contributed by atoms with Crippen molar-refractivity contribution < 1.29 is 9.90 Å². The van der Waals surface area contributed by atoms with Gasteiger partial charge in [0.1, 0.15) is 0 Å². The molecule has 0 aliphatic rings. The number of carboxylic acid groups (broad SMARTS) is 1. The highest BCUT2D eigenvalue weighted by atomic mass is 16.4. The lowest BCUT2D eigenvalue weighted by Crippen LogP contribution is -2.07. The molecule has 3 heteroatoms. The lowest BCUT2D eigenvalue weighted by molar-refractivity contribution is -0.136. The number of hydrogen-bond acceptors (Lipinski definition) is 1. The normalized spacial score (nSPS) is 10.7. The van der Waals surface area contributed by atoms with Gasteiger partial charge in [-0.05, 0) is 30.5 Å². The Hall–Kier alpha value is -2.03. The molecule has 0 radical (unpaired) electrons. The van der Waals surface area contributed by atoms with Crippen molar-refractivity contribution in [3.63, 3.8) is 0 Å². The van der Waals surface area contributed by atoms with E-state index in [4.69, 9.17) is 5.11 Å². The molecule has 0 unspecified atom stereocenters. The van der Waals surface area contributed by atoms with Crippen molar-refractivity contribution in [1.82, 2.24) is 4.57 Å². The number of benzene rings is 1. The van der Waals surface area contributed by atoms with Gasteiger partial charge in [-0.1, -0.05) is 43.7 Å². The van der Waals surface area contributed by atoms with Crippen LogP contribution in [0.25, 0.3) is 11.3 Å². The molecular formula is C17H21NO2. The van der Waals surface area contributed by atoms with Crippen LogP contribution in [0.15, 0.2) is 42.5 Å². The van der Waals surface area contributed by atoms with Crippen molar-refractivity contribution in [2.45, 2.75) is 39.2 Å². The molecule has 0 atom stereocenters. The Kier molecular flexibility index (Phi) is 4.99. The van der Waals surface area contributed by atoms with Gasteiger partial charge in [0, 0.05) is 17.9 Å². The van der Waals surface area contributed by atoms with Crippen LogP contribution in [0.2, 0.25) is 0 Å². The summed E-state index contributed by atoms with van der Waals surface area (Å²) in [6.45, 7) is 3.12. The van der Waals surface area contributed by atoms with E-state index < -0.39 is 5.97 Å². The first-order valence-corrected chi connectivity index (χ1v) is 7.18. The molecule has 1 aromatic heterocycles. The second-order valence-electron chi connectivity index (χ2n) is 4.97. The van der Waals surface area contributed by atoms with Crippen molar-refractivity contribution in [3.8, 4) is 11.3 Å². The second-order valence-corrected chi connectivity index (χ2v) is 4.97. The molecule has 1 heterocycles. The van der Waals surface area contributed by atoms with Crippen LogP contribution in [-0.4, -0.2) is 15.6 Å². The lowest BCUT2D eigenvalue weighted by Gasteiger charge is -2.13. The first kappa shape index (κ1) is 14.4. The van der Waals surface area contributed by atoms with Gasteiger partial charge in [0.2, 0.25) is 0 Å². The zero-order valence-electron chi connectivity index (χ0n) is 11.9. The molecule has 2 aromatic rings. The second kappa shape index (κ2) is 6.94. The third-order valence-corrected chi connectivity index (χ3v) is 3.47. The maximum Gasteiger partial charge on any atom is 0.303 e. The summed E-state index contributed by atoms with van der Waals surface area (Å²) < 4.78 is 2.27. The maximum atomic E-state index is 10.8. The summed E-state index contributed by atoms with van der Waals surface area (Å²) in [4.78, 5) is 10.8. The average molecular weight is 271 g/mol. The summed E-state index contributed by atoms with van der Waals surface area (Å²) in [5.74, 6) is -0.741. The minimum absolute atomic E-state index is 0.185. The van der Waals surface area contributed by atoms with E-state index in [0.717, 1.165) is 25.1 Å². The van der Waals surface area contributed by atoms with E-state index in [2.05, 4.69) is 35.8 Å². The molecular weight excluding hydrogens is 250 g/mol. The molecule has 0 saturated heterocycles. The molecule has 20 heavy (non-hydrogen) atoms. The Morgan fingerprint density at radius 1 is 1.15 bits per heavy atom. The van der Waals surface area contributed by atoms with Crippen molar-refractivity contribution >= 4 is 5.97 Å². The smallest absolute Gasteiger partial charge is 0.303 e. The van der Waals surface area contributed by atoms with E-state index in [9.17, 15) is 4.79 Å². The molecule has 0 aliphatic carbocycles. The monoisotopic (exact) mass is 271 g/mol. The van der Waals surface area contributed by atoms with E-state index in [1.165, 1.54) is 11.3 Å². The summed E-state index contributed by atoms with van der Waals surface area (Å²) in [6, 6.07) is 14.4. The summed E-state index contributed by atoms with van der Waals surface area (Å²) in [6.07, 6.45) is 3.01. The first-order chi connectivity index (χ1) is 9.72. The van der Waals surface area contributed by atoms with Gasteiger partial charge in [-0.3, -0.25) is 4.79 Å². The van der Waals surface area contributed by atoms with E-state index in [-0.39, 0.29) is 6.42 Å². The van der Waals surface area contributed by atoms with Crippen LogP contribution < -0.4 is 0 Å². The average Bonchev–Trinajstić information content (AvgIpc) is 2.86. The van der Waals surface area contributed by atoms with Crippen LogP contribution in [0.4, 0.5) is 0 Å². The van der Waals surface area contributed by atoms with Gasteiger partial charge in [-0.25, -0.2) is 0 Å². The largest absolute Gasteiger partial charge is 0.481 e. The number of aryl methyl sites for hydroxylation is 1. The third kappa shape index (κ3) is 3.50. The number of nitrogens with zero attached hydrogens (tertiary/aromatic N) is 1. The van der Waals surface area contributed by atoms with Gasteiger partial charge in [0.15, 0.2) is 0 Å². The van der Waals surface area contributed by atoms with Gasteiger partial charge in [-0.2, -0.15) is 0 Å². The Morgan fingerprint density at radius 3 is 2.55 bits per heavy atom. The number of aromatic nitrogens is 1. The highest BCUT2D eigenvalue weighted by Crippen LogP contribution is 2.24. The van der Waals surface area contributed by atoms with Crippen molar-refractivity contribution in [2.75, 3.05) is 0 Å². The molecule has 0 aliphatic heterocycles. The minimum Gasteiger partial charge on any atom is -0.481 e. The topological polar surface area (TPSA) is 42.2 Å². The highest BCUT2D eigenvalue weighted by Gasteiger charge is 2.10. The SMILES string of the molecule is CCCCn1c(CCC(=O)O)ccc1-c1ccccc1. The molecule has 0 saturated carbocycles. The predicted octanol–water partition coefficient (Wildman–Crippen LogP) is 3.97. The fourth-order valence-corrected chi connectivity index (χ4v) is 2.40. The van der Waals surface area contributed by atoms with Crippen molar-refractivity contribution in [2.24, 2.45) is 0 Å². The van der Waals surface area contributed by atoms with Gasteiger partial charge < -0.3 is 9.67 Å². The van der Waals surface area contributed by atoms with Gasteiger partial charge in [-0.15, -0.1) is 0 Å². The molecule has 0 amide bonds. The number of carboxylic acids is 1. The Labute approximate surface area is 119 Å². The number of aliphatic carboxylic acids is 1. The minimum atomic E-state index is -0.741. The van der Waals surface area contributed by atoms with E-state index in [0.29, 0.717) is 6.42 Å². The van der Waals surface area contributed by atoms with E-state index in [1.54, 1.807) is 0 Å². The molecule has 2 rings (SSSR count). The van der Waals surface area contributed by atoms with Crippen LogP contribution in [0, 0.1) is 0 Å². The number of hydrogen-bond donors (Lipinski definition) is 1. The third-order valence-electron chi connectivity index (χ3n) is 3.47. The van der Waals surface area contributed by atoms with Crippen LogP contribution in [0.5, 0.6) is 0 Å². The summed E-state index contributed by atoms with van der Waals surface area (Å²) in [5, 5.41) is 8.86. The van der Waals surface area contributed by atoms with Gasteiger partial charge in [0.05, 0.1) is 6.42 Å². The number of rotatable bonds is 7. The molecule has 1 aromatic carbocycles. The summed E-state index contributed by atoms with van der Waals surface area (Å²) >= 11 is 0. The van der Waals surface area contributed by atoms with Gasteiger partial charge in [0.25, 0.3) is 0 Å². The zero-order chi connectivity index (χ0) is 14.4. The summed E-state index contributed by atoms with van der Waals surface area (Å²) in [5.41, 5.74) is 3.48. The number of unbranched alkanes of at least 4 members (excludes halogenated alkanes) is 1. The first-order valence-electron chi connectivity index (χ1n) is 7.18. The Morgan fingerprint density at radius 2 is 1.90 bits per heavy atom. The molecule has 3 nitrogen and oxygen atoms in total. The van der Waals surface area contributed by atoms with Crippen LogP contribution in [-0.2, 0) is 17.8 Å². The fraction of sp³-hybridized carbons (Fsp3) is 0.353. The zero-order valence-corrected chi connectivity index (χ0v) is 11.9. The molecule has 0 fully saturated rings. The quantitative estimate of drug-likeness (QED) is 0.827. The van der Waals surface area contributed by atoms with Crippen LogP contribution in [0.3, 0.4) is 0 Å². The highest BCUT2D eigenvalue weighted by molar-refractivity contribution is 5.67. The van der Waals surface area contributed by atoms with Crippen molar-refractivity contribution in [3.05, 3.63) is 48.2 Å².